The Morgan fingerprint density at radius 3 is 2.60 bits per heavy atom. The normalized spacial score (nSPS) is 10.2. The molecule has 0 aliphatic heterocycles. The minimum atomic E-state index is -1.13. The Labute approximate surface area is 113 Å². The number of benzene rings is 2. The molecule has 2 rings (SSSR count). The third-order valence-corrected chi connectivity index (χ3v) is 2.57. The van der Waals surface area contributed by atoms with Crippen LogP contribution in [0, 0.1) is 11.6 Å². The molecule has 0 unspecified atom stereocenters. The first-order chi connectivity index (χ1) is 9.52. The Bertz CT molecular complexity index is 659. The summed E-state index contributed by atoms with van der Waals surface area (Å²) in [5.74, 6) is -3.04. The van der Waals surface area contributed by atoms with E-state index >= 15 is 0 Å². The molecule has 0 aromatic heterocycles. The highest BCUT2D eigenvalue weighted by Crippen LogP contribution is 2.31. The van der Waals surface area contributed by atoms with Crippen molar-refractivity contribution in [2.45, 2.75) is 0 Å². The number of methoxy groups -OCH3 is 1. The average molecular weight is 279 g/mol. The van der Waals surface area contributed by atoms with Crippen LogP contribution in [0.4, 0.5) is 14.5 Å². The van der Waals surface area contributed by atoms with Crippen LogP contribution in [0.1, 0.15) is 10.4 Å². The van der Waals surface area contributed by atoms with Crippen molar-refractivity contribution in [2.24, 2.45) is 0 Å². The van der Waals surface area contributed by atoms with E-state index < -0.39 is 17.6 Å². The van der Waals surface area contributed by atoms with Gasteiger partial charge in [-0.2, -0.15) is 4.39 Å². The standard InChI is InChI=1S/C14H11F2NO3/c1-19-14(18)8-5-6-10(17)12(7-8)20-11-4-2-3-9(15)13(11)16/h2-7H,17H2,1H3. The molecule has 0 radical (unpaired) electrons. The quantitative estimate of drug-likeness (QED) is 0.692. The molecule has 0 amide bonds. The van der Waals surface area contributed by atoms with Crippen LogP contribution in [-0.4, -0.2) is 13.1 Å². The van der Waals surface area contributed by atoms with Gasteiger partial charge in [-0.3, -0.25) is 0 Å². The number of anilines is 1. The Morgan fingerprint density at radius 2 is 1.90 bits per heavy atom. The number of carbonyl (C=O) groups is 1. The van der Waals surface area contributed by atoms with Crippen LogP contribution >= 0.6 is 0 Å². The molecule has 2 N–H and O–H groups in total. The van der Waals surface area contributed by atoms with E-state index in [-0.39, 0.29) is 22.7 Å². The van der Waals surface area contributed by atoms with Crippen LogP contribution in [0.2, 0.25) is 0 Å². The summed E-state index contributed by atoms with van der Waals surface area (Å²) in [5.41, 5.74) is 6.04. The average Bonchev–Trinajstić information content (AvgIpc) is 2.45. The molecule has 0 aliphatic rings. The van der Waals surface area contributed by atoms with Crippen LogP contribution in [0.25, 0.3) is 0 Å². The molecule has 0 spiro atoms. The predicted molar refractivity (Wildman–Crippen MR) is 68.6 cm³/mol. The summed E-state index contributed by atoms with van der Waals surface area (Å²) < 4.78 is 36.4. The lowest BCUT2D eigenvalue weighted by Gasteiger charge is -2.10. The lowest BCUT2D eigenvalue weighted by molar-refractivity contribution is 0.0600. The molecule has 2 aromatic carbocycles. The van der Waals surface area contributed by atoms with E-state index in [1.54, 1.807) is 0 Å². The maximum Gasteiger partial charge on any atom is 0.337 e. The van der Waals surface area contributed by atoms with Crippen molar-refractivity contribution < 1.29 is 23.0 Å². The Kier molecular flexibility index (Phi) is 3.84. The van der Waals surface area contributed by atoms with E-state index in [9.17, 15) is 13.6 Å². The number of ether oxygens (including phenoxy) is 2. The van der Waals surface area contributed by atoms with E-state index in [0.717, 1.165) is 6.07 Å². The van der Waals surface area contributed by atoms with Gasteiger partial charge in [0, 0.05) is 0 Å². The third kappa shape index (κ3) is 2.69. The molecule has 0 atom stereocenters. The van der Waals surface area contributed by atoms with E-state index in [1.165, 1.54) is 37.4 Å². The topological polar surface area (TPSA) is 61.5 Å². The van der Waals surface area contributed by atoms with Gasteiger partial charge in [0.25, 0.3) is 0 Å². The monoisotopic (exact) mass is 279 g/mol. The second-order valence-corrected chi connectivity index (χ2v) is 3.90. The van der Waals surface area contributed by atoms with Gasteiger partial charge < -0.3 is 15.2 Å². The fourth-order valence-corrected chi connectivity index (χ4v) is 1.55. The summed E-state index contributed by atoms with van der Waals surface area (Å²) in [5, 5.41) is 0. The summed E-state index contributed by atoms with van der Waals surface area (Å²) in [6, 6.07) is 7.67. The second-order valence-electron chi connectivity index (χ2n) is 3.90. The summed E-state index contributed by atoms with van der Waals surface area (Å²) in [4.78, 5) is 11.4. The summed E-state index contributed by atoms with van der Waals surface area (Å²) in [7, 11) is 1.23. The zero-order valence-electron chi connectivity index (χ0n) is 10.5. The van der Waals surface area contributed by atoms with Crippen molar-refractivity contribution in [3.63, 3.8) is 0 Å². The van der Waals surface area contributed by atoms with Crippen molar-refractivity contribution in [1.82, 2.24) is 0 Å². The third-order valence-electron chi connectivity index (χ3n) is 2.57. The van der Waals surface area contributed by atoms with Gasteiger partial charge >= 0.3 is 5.97 Å². The molecule has 104 valence electrons. The maximum atomic E-state index is 13.5. The molecule has 20 heavy (non-hydrogen) atoms. The zero-order valence-corrected chi connectivity index (χ0v) is 10.5. The van der Waals surface area contributed by atoms with Crippen molar-refractivity contribution >= 4 is 11.7 Å². The van der Waals surface area contributed by atoms with Crippen molar-refractivity contribution in [1.29, 1.82) is 0 Å². The zero-order chi connectivity index (χ0) is 14.7. The molecule has 2 aromatic rings. The SMILES string of the molecule is COC(=O)c1ccc(N)c(Oc2cccc(F)c2F)c1. The fraction of sp³-hybridized carbons (Fsp3) is 0.0714. The van der Waals surface area contributed by atoms with Crippen LogP contribution < -0.4 is 10.5 Å². The first kappa shape index (κ1) is 13.8. The maximum absolute atomic E-state index is 13.5. The summed E-state index contributed by atoms with van der Waals surface area (Å²) in [6.45, 7) is 0. The number of esters is 1. The smallest absolute Gasteiger partial charge is 0.337 e. The molecular weight excluding hydrogens is 268 g/mol. The minimum absolute atomic E-state index is 0.0393. The molecule has 0 bridgehead atoms. The number of hydrogen-bond acceptors (Lipinski definition) is 4. The largest absolute Gasteiger partial charge is 0.465 e. The molecule has 4 nitrogen and oxygen atoms in total. The van der Waals surface area contributed by atoms with Crippen molar-refractivity contribution in [3.8, 4) is 11.5 Å². The number of nitrogens with two attached hydrogens (primary N) is 1. The molecule has 0 fully saturated rings. The second kappa shape index (κ2) is 5.56. The molecule has 6 heteroatoms. The van der Waals surface area contributed by atoms with E-state index in [1.807, 2.05) is 0 Å². The first-order valence-corrected chi connectivity index (χ1v) is 5.62. The Balaban J connectivity index is 2.38. The van der Waals surface area contributed by atoms with Crippen LogP contribution in [0.15, 0.2) is 36.4 Å². The highest BCUT2D eigenvalue weighted by Gasteiger charge is 2.13. The van der Waals surface area contributed by atoms with Crippen LogP contribution in [-0.2, 0) is 4.74 Å². The van der Waals surface area contributed by atoms with Gasteiger partial charge in [0.05, 0.1) is 18.4 Å². The van der Waals surface area contributed by atoms with E-state index in [0.29, 0.717) is 0 Å². The molecule has 0 heterocycles. The van der Waals surface area contributed by atoms with Gasteiger partial charge in [0.2, 0.25) is 5.82 Å². The van der Waals surface area contributed by atoms with Gasteiger partial charge in [-0.15, -0.1) is 0 Å². The molecule has 0 aliphatic carbocycles. The van der Waals surface area contributed by atoms with Gasteiger partial charge in [-0.1, -0.05) is 6.07 Å². The Hall–Kier alpha value is -2.63. The van der Waals surface area contributed by atoms with Crippen molar-refractivity contribution in [2.75, 3.05) is 12.8 Å². The van der Waals surface area contributed by atoms with E-state index in [2.05, 4.69) is 4.74 Å². The summed E-state index contributed by atoms with van der Waals surface area (Å²) >= 11 is 0. The minimum Gasteiger partial charge on any atom is -0.465 e. The Morgan fingerprint density at radius 1 is 1.15 bits per heavy atom. The van der Waals surface area contributed by atoms with Gasteiger partial charge in [0.1, 0.15) is 0 Å². The van der Waals surface area contributed by atoms with Gasteiger partial charge in [-0.05, 0) is 30.3 Å². The number of halogens is 2. The predicted octanol–water partition coefficient (Wildman–Crippen LogP) is 3.13. The van der Waals surface area contributed by atoms with E-state index in [4.69, 9.17) is 10.5 Å². The number of nitrogen functional groups attached to an aromatic ring is 1. The molecule has 0 saturated carbocycles. The highest BCUT2D eigenvalue weighted by molar-refractivity contribution is 5.90. The highest BCUT2D eigenvalue weighted by atomic mass is 19.2. The molecule has 0 saturated heterocycles. The van der Waals surface area contributed by atoms with Crippen molar-refractivity contribution in [3.05, 3.63) is 53.6 Å². The first-order valence-electron chi connectivity index (χ1n) is 5.62. The lowest BCUT2D eigenvalue weighted by Crippen LogP contribution is -2.03. The number of hydrogen-bond donors (Lipinski definition) is 1. The van der Waals surface area contributed by atoms with Crippen LogP contribution in [0.5, 0.6) is 11.5 Å². The molecular formula is C14H11F2NO3. The summed E-state index contributed by atoms with van der Waals surface area (Å²) in [6.07, 6.45) is 0. The fourth-order valence-electron chi connectivity index (χ4n) is 1.55. The number of carbonyl (C=O) groups excluding carboxylic acids is 1. The number of rotatable bonds is 3. The lowest BCUT2D eigenvalue weighted by atomic mass is 10.2. The van der Waals surface area contributed by atoms with Gasteiger partial charge in [0.15, 0.2) is 17.3 Å². The van der Waals surface area contributed by atoms with Gasteiger partial charge in [-0.25, -0.2) is 9.18 Å². The van der Waals surface area contributed by atoms with Crippen LogP contribution in [0.3, 0.4) is 0 Å².